The van der Waals surface area contributed by atoms with E-state index in [0.29, 0.717) is 17.3 Å². The van der Waals surface area contributed by atoms with Gasteiger partial charge in [0.25, 0.3) is 0 Å². The molecule has 0 heterocycles. The summed E-state index contributed by atoms with van der Waals surface area (Å²) in [5.41, 5.74) is 6.88. The van der Waals surface area contributed by atoms with E-state index in [4.69, 9.17) is 11.0 Å². The smallest absolute Gasteiger partial charge is 0.161 e. The minimum Gasteiger partial charge on any atom is -0.366 e. The quantitative estimate of drug-likeness (QED) is 0.891. The average Bonchev–Trinajstić information content (AvgIpc) is 2.49. The second kappa shape index (κ2) is 7.24. The number of nitriles is 1. The molecule has 0 saturated heterocycles. The van der Waals surface area contributed by atoms with Gasteiger partial charge in [-0.2, -0.15) is 5.26 Å². The summed E-state index contributed by atoms with van der Waals surface area (Å²) < 4.78 is 14.9. The maximum Gasteiger partial charge on any atom is 0.161 e. The van der Waals surface area contributed by atoms with Gasteiger partial charge in [0.2, 0.25) is 0 Å². The van der Waals surface area contributed by atoms with Gasteiger partial charge in [0.15, 0.2) is 5.82 Å². The Morgan fingerprint density at radius 2 is 2.05 bits per heavy atom. The predicted molar refractivity (Wildman–Crippen MR) is 86.7 cm³/mol. The molecular weight excluding hydrogens is 333 g/mol. The first-order valence-corrected chi connectivity index (χ1v) is 8.28. The van der Waals surface area contributed by atoms with Crippen molar-refractivity contribution in [2.24, 2.45) is 5.73 Å². The molecule has 1 aliphatic rings. The second-order valence-corrected chi connectivity index (χ2v) is 6.43. The second-order valence-electron chi connectivity index (χ2n) is 5.63. The van der Waals surface area contributed by atoms with Crippen molar-refractivity contribution in [3.8, 4) is 6.07 Å². The summed E-state index contributed by atoms with van der Waals surface area (Å²) in [6.07, 6.45) is 4.93. The number of hydrogen-bond donors (Lipinski definition) is 1. The third kappa shape index (κ3) is 3.56. The van der Waals surface area contributed by atoms with E-state index in [9.17, 15) is 4.39 Å². The zero-order valence-electron chi connectivity index (χ0n) is 12.3. The molecule has 0 atom stereocenters. The standard InChI is InChI=1S/C16H21BrFN3/c1-2-9-21(13-6-4-12(20)5-7-13)14-8-3-11(10-19)15(17)16(14)18/h3,8,12-13H,2,4-7,9,20H2,1H3. The van der Waals surface area contributed by atoms with E-state index in [1.807, 2.05) is 6.07 Å². The highest BCUT2D eigenvalue weighted by molar-refractivity contribution is 9.10. The van der Waals surface area contributed by atoms with Crippen LogP contribution in [-0.2, 0) is 0 Å². The molecule has 3 nitrogen and oxygen atoms in total. The number of benzene rings is 1. The van der Waals surface area contributed by atoms with Gasteiger partial charge in [-0.05, 0) is 60.2 Å². The van der Waals surface area contributed by atoms with Gasteiger partial charge in [0, 0.05) is 18.6 Å². The van der Waals surface area contributed by atoms with Crippen molar-refractivity contribution in [3.05, 3.63) is 28.0 Å². The predicted octanol–water partition coefficient (Wildman–Crippen LogP) is 3.95. The van der Waals surface area contributed by atoms with Crippen LogP contribution < -0.4 is 10.6 Å². The largest absolute Gasteiger partial charge is 0.366 e. The van der Waals surface area contributed by atoms with Crippen molar-refractivity contribution in [2.45, 2.75) is 51.1 Å². The first-order chi connectivity index (χ1) is 10.1. The fraction of sp³-hybridized carbons (Fsp3) is 0.562. The summed E-state index contributed by atoms with van der Waals surface area (Å²) in [6, 6.07) is 6.02. The summed E-state index contributed by atoms with van der Waals surface area (Å²) in [5.74, 6) is -0.336. The van der Waals surface area contributed by atoms with Crippen molar-refractivity contribution in [1.29, 1.82) is 5.26 Å². The Labute approximate surface area is 134 Å². The Bertz CT molecular complexity index is 533. The van der Waals surface area contributed by atoms with Crippen LogP contribution in [0.25, 0.3) is 0 Å². The highest BCUT2D eigenvalue weighted by Crippen LogP contribution is 2.33. The van der Waals surface area contributed by atoms with Gasteiger partial charge in [0.1, 0.15) is 6.07 Å². The molecule has 0 unspecified atom stereocenters. The Balaban J connectivity index is 2.30. The molecule has 0 radical (unpaired) electrons. The van der Waals surface area contributed by atoms with E-state index in [0.717, 1.165) is 38.6 Å². The third-order valence-electron chi connectivity index (χ3n) is 4.14. The maximum atomic E-state index is 14.6. The lowest BCUT2D eigenvalue weighted by Crippen LogP contribution is -2.41. The lowest BCUT2D eigenvalue weighted by molar-refractivity contribution is 0.373. The molecule has 2 N–H and O–H groups in total. The van der Waals surface area contributed by atoms with Crippen molar-refractivity contribution in [3.63, 3.8) is 0 Å². The Morgan fingerprint density at radius 1 is 1.38 bits per heavy atom. The zero-order valence-corrected chi connectivity index (χ0v) is 13.9. The Hall–Kier alpha value is -1.12. The molecule has 1 fully saturated rings. The first kappa shape index (κ1) is 16.3. The monoisotopic (exact) mass is 353 g/mol. The fourth-order valence-corrected chi connectivity index (χ4v) is 3.43. The molecule has 0 aromatic heterocycles. The highest BCUT2D eigenvalue weighted by atomic mass is 79.9. The summed E-state index contributed by atoms with van der Waals surface area (Å²) >= 11 is 3.20. The van der Waals surface area contributed by atoms with Crippen molar-refractivity contribution in [1.82, 2.24) is 0 Å². The van der Waals surface area contributed by atoms with E-state index in [1.165, 1.54) is 0 Å². The molecule has 1 saturated carbocycles. The summed E-state index contributed by atoms with van der Waals surface area (Å²) in [5, 5.41) is 8.98. The lowest BCUT2D eigenvalue weighted by atomic mass is 9.90. The summed E-state index contributed by atoms with van der Waals surface area (Å²) in [7, 11) is 0. The van der Waals surface area contributed by atoms with Crippen LogP contribution in [0.4, 0.5) is 10.1 Å². The van der Waals surface area contributed by atoms with Gasteiger partial charge in [-0.25, -0.2) is 4.39 Å². The van der Waals surface area contributed by atoms with Gasteiger partial charge in [0.05, 0.1) is 15.7 Å². The van der Waals surface area contributed by atoms with E-state index in [2.05, 4.69) is 27.8 Å². The molecule has 21 heavy (non-hydrogen) atoms. The number of rotatable bonds is 4. The van der Waals surface area contributed by atoms with Crippen LogP contribution in [0.15, 0.2) is 16.6 Å². The topological polar surface area (TPSA) is 53.0 Å². The van der Waals surface area contributed by atoms with Crippen LogP contribution in [0, 0.1) is 17.1 Å². The molecule has 0 spiro atoms. The van der Waals surface area contributed by atoms with E-state index in [-0.39, 0.29) is 16.3 Å². The highest BCUT2D eigenvalue weighted by Gasteiger charge is 2.26. The minimum atomic E-state index is -0.336. The fourth-order valence-electron chi connectivity index (χ4n) is 3.00. The molecule has 0 bridgehead atoms. The molecule has 1 aromatic rings. The van der Waals surface area contributed by atoms with Crippen LogP contribution >= 0.6 is 15.9 Å². The maximum absolute atomic E-state index is 14.6. The van der Waals surface area contributed by atoms with Gasteiger partial charge in [-0.15, -0.1) is 0 Å². The van der Waals surface area contributed by atoms with Gasteiger partial charge >= 0.3 is 0 Å². The number of anilines is 1. The molecule has 1 aliphatic carbocycles. The number of nitrogens with two attached hydrogens (primary N) is 1. The average molecular weight is 354 g/mol. The van der Waals surface area contributed by atoms with Gasteiger partial charge in [-0.1, -0.05) is 6.92 Å². The summed E-state index contributed by atoms with van der Waals surface area (Å²) in [4.78, 5) is 2.15. The van der Waals surface area contributed by atoms with Crippen molar-refractivity contribution < 1.29 is 4.39 Å². The molecule has 0 aliphatic heterocycles. The Kier molecular flexibility index (Phi) is 5.60. The molecule has 5 heteroatoms. The Morgan fingerprint density at radius 3 is 2.62 bits per heavy atom. The van der Waals surface area contributed by atoms with Crippen molar-refractivity contribution >= 4 is 21.6 Å². The third-order valence-corrected chi connectivity index (χ3v) is 4.91. The lowest BCUT2D eigenvalue weighted by Gasteiger charge is -2.38. The number of nitrogens with zero attached hydrogens (tertiary/aromatic N) is 2. The van der Waals surface area contributed by atoms with Crippen molar-refractivity contribution in [2.75, 3.05) is 11.4 Å². The van der Waals surface area contributed by atoms with E-state index in [1.54, 1.807) is 12.1 Å². The first-order valence-electron chi connectivity index (χ1n) is 7.48. The molecule has 114 valence electrons. The van der Waals surface area contributed by atoms with Crippen LogP contribution in [0.1, 0.15) is 44.6 Å². The van der Waals surface area contributed by atoms with Gasteiger partial charge < -0.3 is 10.6 Å². The van der Waals surface area contributed by atoms with E-state index < -0.39 is 0 Å². The molecule has 1 aromatic carbocycles. The van der Waals surface area contributed by atoms with Crippen LogP contribution in [-0.4, -0.2) is 18.6 Å². The number of hydrogen-bond acceptors (Lipinski definition) is 3. The summed E-state index contributed by atoms with van der Waals surface area (Å²) in [6.45, 7) is 2.91. The molecule has 2 rings (SSSR count). The normalized spacial score (nSPS) is 21.9. The minimum absolute atomic E-state index is 0.260. The zero-order chi connectivity index (χ0) is 15.4. The van der Waals surface area contributed by atoms with Gasteiger partial charge in [-0.3, -0.25) is 0 Å². The SMILES string of the molecule is CCCN(c1ccc(C#N)c(Br)c1F)C1CCC(N)CC1. The van der Waals surface area contributed by atoms with E-state index >= 15 is 0 Å². The molecule has 0 amide bonds. The number of halogens is 2. The molecular formula is C16H21BrFN3. The van der Waals surface area contributed by atoms with Crippen LogP contribution in [0.5, 0.6) is 0 Å². The van der Waals surface area contributed by atoms with Crippen LogP contribution in [0.3, 0.4) is 0 Å². The van der Waals surface area contributed by atoms with Crippen LogP contribution in [0.2, 0.25) is 0 Å².